The van der Waals surface area contributed by atoms with Crippen LogP contribution in [0, 0.1) is 18.3 Å². The summed E-state index contributed by atoms with van der Waals surface area (Å²) in [5, 5.41) is 12.5. The number of anilines is 1. The average molecular weight is 267 g/mol. The fourth-order valence-corrected chi connectivity index (χ4v) is 1.80. The van der Waals surface area contributed by atoms with Crippen LogP contribution in [0.1, 0.15) is 37.9 Å². The quantitative estimate of drug-likeness (QED) is 0.859. The van der Waals surface area contributed by atoms with Crippen LogP contribution in [0.4, 0.5) is 5.82 Å². The van der Waals surface area contributed by atoms with E-state index in [0.717, 1.165) is 12.8 Å². The van der Waals surface area contributed by atoms with Crippen molar-refractivity contribution in [1.29, 1.82) is 5.26 Å². The van der Waals surface area contributed by atoms with Crippen molar-refractivity contribution in [2.75, 3.05) is 11.9 Å². The van der Waals surface area contributed by atoms with Gasteiger partial charge in [-0.05, 0) is 25.8 Å². The number of rotatable bonds is 5. The highest BCUT2D eigenvalue weighted by Crippen LogP contribution is 2.23. The molecule has 18 heavy (non-hydrogen) atoms. The van der Waals surface area contributed by atoms with Gasteiger partial charge in [0.05, 0.1) is 16.3 Å². The number of hydrogen-bond acceptors (Lipinski definition) is 4. The summed E-state index contributed by atoms with van der Waals surface area (Å²) in [5.74, 6) is 0.588. The van der Waals surface area contributed by atoms with E-state index in [4.69, 9.17) is 22.6 Å². The number of nitrogens with two attached hydrogens (primary N) is 1. The number of aromatic nitrogens is 1. The molecule has 0 radical (unpaired) electrons. The van der Waals surface area contributed by atoms with Crippen LogP contribution in [0.2, 0.25) is 5.02 Å². The van der Waals surface area contributed by atoms with Gasteiger partial charge in [0.2, 0.25) is 0 Å². The summed E-state index contributed by atoms with van der Waals surface area (Å²) in [5.41, 5.74) is 7.11. The van der Waals surface area contributed by atoms with Crippen molar-refractivity contribution in [2.45, 2.75) is 39.2 Å². The molecular weight excluding hydrogens is 248 g/mol. The van der Waals surface area contributed by atoms with Crippen LogP contribution < -0.4 is 11.1 Å². The van der Waals surface area contributed by atoms with Gasteiger partial charge in [-0.15, -0.1) is 0 Å². The maximum atomic E-state index is 8.88. The van der Waals surface area contributed by atoms with Crippen molar-refractivity contribution in [3.8, 4) is 6.07 Å². The molecule has 5 heteroatoms. The normalized spacial score (nSPS) is 11.1. The summed E-state index contributed by atoms with van der Waals surface area (Å²) in [6.07, 6.45) is 1.76. The van der Waals surface area contributed by atoms with Crippen molar-refractivity contribution in [2.24, 2.45) is 5.73 Å². The molecule has 3 N–H and O–H groups in total. The molecule has 0 aromatic carbocycles. The lowest BCUT2D eigenvalue weighted by Crippen LogP contribution is -2.45. The number of pyridine rings is 1. The van der Waals surface area contributed by atoms with Crippen LogP contribution in [0.5, 0.6) is 0 Å². The molecule has 0 unspecified atom stereocenters. The minimum atomic E-state index is -0.257. The van der Waals surface area contributed by atoms with Crippen LogP contribution in [-0.4, -0.2) is 17.1 Å². The van der Waals surface area contributed by atoms with Gasteiger partial charge < -0.3 is 11.1 Å². The predicted octanol–water partition coefficient (Wildman–Crippen LogP) is 2.84. The molecule has 98 valence electrons. The minimum Gasteiger partial charge on any atom is -0.367 e. The largest absolute Gasteiger partial charge is 0.367 e. The van der Waals surface area contributed by atoms with Gasteiger partial charge in [0.15, 0.2) is 0 Å². The number of halogens is 1. The van der Waals surface area contributed by atoms with Gasteiger partial charge in [-0.3, -0.25) is 0 Å². The topological polar surface area (TPSA) is 74.7 Å². The molecule has 1 aromatic heterocycles. The highest BCUT2D eigenvalue weighted by Gasteiger charge is 2.20. The zero-order valence-electron chi connectivity index (χ0n) is 11.0. The van der Waals surface area contributed by atoms with Crippen LogP contribution in [0.15, 0.2) is 6.07 Å². The maximum Gasteiger partial charge on any atom is 0.145 e. The molecule has 0 aliphatic rings. The highest BCUT2D eigenvalue weighted by atomic mass is 35.5. The van der Waals surface area contributed by atoms with Gasteiger partial charge in [-0.1, -0.05) is 25.4 Å². The van der Waals surface area contributed by atoms with E-state index in [-0.39, 0.29) is 5.54 Å². The number of aryl methyl sites for hydroxylation is 1. The molecule has 0 aliphatic heterocycles. The number of nitrogens with zero attached hydrogens (tertiary/aromatic N) is 2. The fraction of sp³-hybridized carbons (Fsp3) is 0.538. The summed E-state index contributed by atoms with van der Waals surface area (Å²) in [6, 6.07) is 3.69. The molecule has 0 spiro atoms. The molecule has 0 amide bonds. The zero-order valence-corrected chi connectivity index (χ0v) is 11.8. The molecule has 0 aliphatic carbocycles. The minimum absolute atomic E-state index is 0.257. The third-order valence-corrected chi connectivity index (χ3v) is 3.59. The van der Waals surface area contributed by atoms with E-state index in [2.05, 4.69) is 30.2 Å². The summed E-state index contributed by atoms with van der Waals surface area (Å²) < 4.78 is 0. The average Bonchev–Trinajstić information content (AvgIpc) is 2.38. The lowest BCUT2D eigenvalue weighted by Gasteiger charge is -2.27. The van der Waals surface area contributed by atoms with Crippen LogP contribution in [-0.2, 0) is 0 Å². The van der Waals surface area contributed by atoms with Crippen molar-refractivity contribution < 1.29 is 0 Å². The zero-order chi connectivity index (χ0) is 13.8. The van der Waals surface area contributed by atoms with Crippen LogP contribution >= 0.6 is 11.6 Å². The molecule has 1 heterocycles. The van der Waals surface area contributed by atoms with Gasteiger partial charge in [0.25, 0.3) is 0 Å². The van der Waals surface area contributed by atoms with Gasteiger partial charge in [0, 0.05) is 12.1 Å². The SMILES string of the molecule is CCC(N)(CC)CNc1nc(C)c(C#N)cc1Cl. The Morgan fingerprint density at radius 3 is 2.61 bits per heavy atom. The lowest BCUT2D eigenvalue weighted by molar-refractivity contribution is 0.418. The maximum absolute atomic E-state index is 8.88. The second kappa shape index (κ2) is 6.03. The van der Waals surface area contributed by atoms with Gasteiger partial charge in [-0.25, -0.2) is 4.98 Å². The molecule has 0 bridgehead atoms. The van der Waals surface area contributed by atoms with Gasteiger partial charge in [0.1, 0.15) is 11.9 Å². The monoisotopic (exact) mass is 266 g/mol. The van der Waals surface area contributed by atoms with E-state index in [1.165, 1.54) is 0 Å². The first-order chi connectivity index (χ1) is 8.45. The Bertz CT molecular complexity index is 461. The van der Waals surface area contributed by atoms with Gasteiger partial charge >= 0.3 is 0 Å². The third kappa shape index (κ3) is 3.34. The number of hydrogen-bond donors (Lipinski definition) is 2. The first kappa shape index (κ1) is 14.7. The van der Waals surface area contributed by atoms with Crippen molar-refractivity contribution in [3.63, 3.8) is 0 Å². The van der Waals surface area contributed by atoms with E-state index in [0.29, 0.717) is 28.6 Å². The fourth-order valence-electron chi connectivity index (χ4n) is 1.58. The van der Waals surface area contributed by atoms with Gasteiger partial charge in [-0.2, -0.15) is 5.26 Å². The predicted molar refractivity (Wildman–Crippen MR) is 74.7 cm³/mol. The Kier molecular flexibility index (Phi) is 4.94. The smallest absolute Gasteiger partial charge is 0.145 e. The first-order valence-electron chi connectivity index (χ1n) is 6.05. The molecule has 0 saturated carbocycles. The molecule has 0 fully saturated rings. The summed E-state index contributed by atoms with van der Waals surface area (Å²) in [4.78, 5) is 4.29. The van der Waals surface area contributed by atoms with E-state index in [1.807, 2.05) is 0 Å². The van der Waals surface area contributed by atoms with Crippen molar-refractivity contribution in [3.05, 3.63) is 22.3 Å². The second-order valence-electron chi connectivity index (χ2n) is 4.49. The highest BCUT2D eigenvalue weighted by molar-refractivity contribution is 6.33. The Morgan fingerprint density at radius 1 is 1.50 bits per heavy atom. The molecule has 1 aromatic rings. The second-order valence-corrected chi connectivity index (χ2v) is 4.89. The summed E-state index contributed by atoms with van der Waals surface area (Å²) in [6.45, 7) is 6.52. The molecule has 0 atom stereocenters. The lowest BCUT2D eigenvalue weighted by atomic mass is 9.94. The summed E-state index contributed by atoms with van der Waals surface area (Å²) in [7, 11) is 0. The Balaban J connectivity index is 2.87. The number of nitrogens with one attached hydrogen (secondary N) is 1. The van der Waals surface area contributed by atoms with E-state index >= 15 is 0 Å². The molecule has 4 nitrogen and oxygen atoms in total. The molecular formula is C13H19ClN4. The Labute approximate surface area is 113 Å². The Morgan fingerprint density at radius 2 is 2.11 bits per heavy atom. The first-order valence-corrected chi connectivity index (χ1v) is 6.43. The van der Waals surface area contributed by atoms with Crippen LogP contribution in [0.25, 0.3) is 0 Å². The molecule has 0 saturated heterocycles. The standard InChI is InChI=1S/C13H19ClN4/c1-4-13(16,5-2)8-17-12-11(14)6-10(7-15)9(3)18-12/h6H,4-5,8,16H2,1-3H3,(H,17,18). The van der Waals surface area contributed by atoms with E-state index in [1.54, 1.807) is 13.0 Å². The third-order valence-electron chi connectivity index (χ3n) is 3.30. The van der Waals surface area contributed by atoms with Crippen molar-refractivity contribution in [1.82, 2.24) is 4.98 Å². The summed E-state index contributed by atoms with van der Waals surface area (Å²) >= 11 is 6.08. The Hall–Kier alpha value is -1.31. The molecule has 1 rings (SSSR count). The van der Waals surface area contributed by atoms with Crippen molar-refractivity contribution >= 4 is 17.4 Å². The van der Waals surface area contributed by atoms with Crippen LogP contribution in [0.3, 0.4) is 0 Å². The van der Waals surface area contributed by atoms with E-state index in [9.17, 15) is 0 Å². The number of nitriles is 1. The van der Waals surface area contributed by atoms with E-state index < -0.39 is 0 Å².